The van der Waals surface area contributed by atoms with E-state index in [2.05, 4.69) is 12.0 Å². The van der Waals surface area contributed by atoms with E-state index >= 15 is 0 Å². The molecule has 1 fully saturated rings. The van der Waals surface area contributed by atoms with Gasteiger partial charge in [0.15, 0.2) is 0 Å². The minimum Gasteiger partial charge on any atom is -0.338 e. The van der Waals surface area contributed by atoms with Crippen molar-refractivity contribution >= 4 is 17.9 Å². The Balaban J connectivity index is 1.64. The lowest BCUT2D eigenvalue weighted by atomic mass is 10.0. The van der Waals surface area contributed by atoms with Crippen LogP contribution in [-0.2, 0) is 11.8 Å². The molecule has 160 valence electrons. The Morgan fingerprint density at radius 1 is 1.17 bits per heavy atom. The first-order valence-electron chi connectivity index (χ1n) is 10.8. The molecule has 2 heterocycles. The van der Waals surface area contributed by atoms with Crippen molar-refractivity contribution in [1.82, 2.24) is 19.6 Å². The molecule has 0 bridgehead atoms. The van der Waals surface area contributed by atoms with Crippen molar-refractivity contribution in [2.75, 3.05) is 19.6 Å². The average molecular weight is 409 g/mol. The molecule has 1 aromatic heterocycles. The lowest BCUT2D eigenvalue weighted by Gasteiger charge is -2.38. The number of hydrogen-bond acceptors (Lipinski definition) is 3. The van der Waals surface area contributed by atoms with Gasteiger partial charge >= 0.3 is 0 Å². The number of rotatable bonds is 6. The summed E-state index contributed by atoms with van der Waals surface area (Å²) in [4.78, 5) is 29.6. The fourth-order valence-corrected chi connectivity index (χ4v) is 4.14. The van der Waals surface area contributed by atoms with Gasteiger partial charge in [0.05, 0.1) is 5.69 Å². The van der Waals surface area contributed by atoms with Gasteiger partial charge in [0, 0.05) is 55.6 Å². The van der Waals surface area contributed by atoms with Gasteiger partial charge in [-0.15, -0.1) is 0 Å². The van der Waals surface area contributed by atoms with Gasteiger partial charge in [-0.05, 0) is 51.3 Å². The lowest BCUT2D eigenvalue weighted by molar-refractivity contribution is -0.129. The first kappa shape index (κ1) is 21.8. The first-order chi connectivity index (χ1) is 14.4. The largest absolute Gasteiger partial charge is 0.338 e. The third-order valence-electron chi connectivity index (χ3n) is 5.92. The van der Waals surface area contributed by atoms with E-state index in [-0.39, 0.29) is 17.9 Å². The summed E-state index contributed by atoms with van der Waals surface area (Å²) in [6.07, 6.45) is 6.09. The zero-order valence-electron chi connectivity index (χ0n) is 18.5. The summed E-state index contributed by atoms with van der Waals surface area (Å²) < 4.78 is 1.84. The molecule has 0 radical (unpaired) electrons. The maximum Gasteiger partial charge on any atom is 0.253 e. The third-order valence-corrected chi connectivity index (χ3v) is 5.92. The zero-order chi connectivity index (χ0) is 21.7. The van der Waals surface area contributed by atoms with Crippen LogP contribution in [-0.4, -0.2) is 57.1 Å². The van der Waals surface area contributed by atoms with Crippen LogP contribution in [0.2, 0.25) is 0 Å². The summed E-state index contributed by atoms with van der Waals surface area (Å²) in [6, 6.07) is 9.57. The number of amides is 2. The van der Waals surface area contributed by atoms with Crippen molar-refractivity contribution in [1.29, 1.82) is 0 Å². The average Bonchev–Trinajstić information content (AvgIpc) is 3.01. The maximum absolute atomic E-state index is 13.0. The zero-order valence-corrected chi connectivity index (χ0v) is 18.5. The van der Waals surface area contributed by atoms with Crippen LogP contribution >= 0.6 is 0 Å². The van der Waals surface area contributed by atoms with Crippen molar-refractivity contribution in [3.05, 3.63) is 58.9 Å². The van der Waals surface area contributed by atoms with Gasteiger partial charge in [-0.1, -0.05) is 25.1 Å². The number of nitrogens with zero attached hydrogens (tertiary/aromatic N) is 4. The molecule has 1 aliphatic rings. The van der Waals surface area contributed by atoms with Gasteiger partial charge in [0.25, 0.3) is 5.91 Å². The number of carbonyl (C=O) groups is 2. The molecule has 2 amide bonds. The van der Waals surface area contributed by atoms with Crippen LogP contribution in [0.5, 0.6) is 0 Å². The van der Waals surface area contributed by atoms with E-state index in [4.69, 9.17) is 0 Å². The smallest absolute Gasteiger partial charge is 0.253 e. The van der Waals surface area contributed by atoms with Crippen molar-refractivity contribution in [2.24, 2.45) is 7.05 Å². The van der Waals surface area contributed by atoms with Crippen LogP contribution in [0.25, 0.3) is 6.08 Å². The molecule has 6 heteroatoms. The molecule has 2 aromatic rings. The summed E-state index contributed by atoms with van der Waals surface area (Å²) in [5, 5.41) is 4.41. The minimum absolute atomic E-state index is 0.0346. The van der Waals surface area contributed by atoms with Gasteiger partial charge in [0.1, 0.15) is 0 Å². The summed E-state index contributed by atoms with van der Waals surface area (Å²) >= 11 is 0. The van der Waals surface area contributed by atoms with E-state index in [1.165, 1.54) is 0 Å². The Bertz CT molecular complexity index is 909. The highest BCUT2D eigenvalue weighted by atomic mass is 16.2. The molecule has 3 rings (SSSR count). The van der Waals surface area contributed by atoms with Crippen LogP contribution in [0, 0.1) is 13.8 Å². The van der Waals surface area contributed by atoms with E-state index in [1.807, 2.05) is 71.8 Å². The molecule has 6 nitrogen and oxygen atoms in total. The fourth-order valence-electron chi connectivity index (χ4n) is 4.14. The molecular weight excluding hydrogens is 376 g/mol. The number of piperidine rings is 1. The van der Waals surface area contributed by atoms with Crippen LogP contribution in [0.3, 0.4) is 0 Å². The topological polar surface area (TPSA) is 58.4 Å². The Morgan fingerprint density at radius 2 is 1.83 bits per heavy atom. The SMILES string of the molecule is CCCN(C(=O)/C=C/c1c(C)nn(C)c1C)C1CCN(C(=O)c2ccccc2)CC1. The Labute approximate surface area is 179 Å². The van der Waals surface area contributed by atoms with Crippen molar-refractivity contribution in [3.63, 3.8) is 0 Å². The van der Waals surface area contributed by atoms with E-state index in [0.29, 0.717) is 13.1 Å². The molecule has 0 saturated carbocycles. The fraction of sp³-hybridized carbons (Fsp3) is 0.458. The van der Waals surface area contributed by atoms with Gasteiger partial charge in [0.2, 0.25) is 5.91 Å². The second kappa shape index (κ2) is 9.74. The van der Waals surface area contributed by atoms with Crippen molar-refractivity contribution < 1.29 is 9.59 Å². The molecule has 1 saturated heterocycles. The second-order valence-electron chi connectivity index (χ2n) is 7.96. The maximum atomic E-state index is 13.0. The Morgan fingerprint density at radius 3 is 2.40 bits per heavy atom. The van der Waals surface area contributed by atoms with Crippen molar-refractivity contribution in [2.45, 2.75) is 46.1 Å². The van der Waals surface area contributed by atoms with Crippen LogP contribution < -0.4 is 0 Å². The van der Waals surface area contributed by atoms with E-state index in [1.54, 1.807) is 6.08 Å². The van der Waals surface area contributed by atoms with Gasteiger partial charge in [-0.25, -0.2) is 0 Å². The van der Waals surface area contributed by atoms with E-state index in [9.17, 15) is 9.59 Å². The third kappa shape index (κ3) is 4.81. The number of benzene rings is 1. The lowest BCUT2D eigenvalue weighted by Crippen LogP contribution is -2.48. The predicted molar refractivity (Wildman–Crippen MR) is 119 cm³/mol. The molecule has 0 N–H and O–H groups in total. The number of carbonyl (C=O) groups excluding carboxylic acids is 2. The molecule has 0 unspecified atom stereocenters. The molecule has 0 aliphatic carbocycles. The first-order valence-corrected chi connectivity index (χ1v) is 10.8. The molecular formula is C24H32N4O2. The Kier molecular flexibility index (Phi) is 7.08. The van der Waals surface area contributed by atoms with Gasteiger partial charge in [-0.2, -0.15) is 5.10 Å². The molecule has 1 aliphatic heterocycles. The van der Waals surface area contributed by atoms with Gasteiger partial charge in [-0.3, -0.25) is 14.3 Å². The molecule has 0 atom stereocenters. The van der Waals surface area contributed by atoms with Crippen LogP contribution in [0.15, 0.2) is 36.4 Å². The molecule has 0 spiro atoms. The minimum atomic E-state index is 0.0346. The van der Waals surface area contributed by atoms with Crippen LogP contribution in [0.4, 0.5) is 0 Å². The number of aryl methyl sites for hydroxylation is 2. The number of likely N-dealkylation sites (tertiary alicyclic amines) is 1. The Hall–Kier alpha value is -2.89. The highest BCUT2D eigenvalue weighted by molar-refractivity contribution is 5.94. The van der Waals surface area contributed by atoms with Crippen molar-refractivity contribution in [3.8, 4) is 0 Å². The van der Waals surface area contributed by atoms with E-state index in [0.717, 1.165) is 48.3 Å². The number of aromatic nitrogens is 2. The molecule has 1 aromatic carbocycles. The summed E-state index contributed by atoms with van der Waals surface area (Å²) in [6.45, 7) is 8.14. The molecule has 30 heavy (non-hydrogen) atoms. The highest BCUT2D eigenvalue weighted by Gasteiger charge is 2.28. The summed E-state index contributed by atoms with van der Waals surface area (Å²) in [7, 11) is 1.91. The highest BCUT2D eigenvalue weighted by Crippen LogP contribution is 2.20. The van der Waals surface area contributed by atoms with Crippen LogP contribution in [0.1, 0.15) is 53.5 Å². The summed E-state index contributed by atoms with van der Waals surface area (Å²) in [5.74, 6) is 0.109. The van der Waals surface area contributed by atoms with Gasteiger partial charge < -0.3 is 9.80 Å². The normalized spacial score (nSPS) is 15.0. The second-order valence-corrected chi connectivity index (χ2v) is 7.96. The predicted octanol–water partition coefficient (Wildman–Crippen LogP) is 3.59. The number of hydrogen-bond donors (Lipinski definition) is 0. The van der Waals surface area contributed by atoms with E-state index < -0.39 is 0 Å². The summed E-state index contributed by atoms with van der Waals surface area (Å²) in [5.41, 5.74) is 3.70. The monoisotopic (exact) mass is 408 g/mol. The quantitative estimate of drug-likeness (QED) is 0.687. The standard InChI is InChI=1S/C24H32N4O2/c1-5-15-28(23(29)12-11-22-18(2)25-26(4)19(22)3)21-13-16-27(17-14-21)24(30)20-9-7-6-8-10-20/h6-12,21H,5,13-17H2,1-4H3/b12-11+.